The van der Waals surface area contributed by atoms with Crippen LogP contribution in [0.2, 0.25) is 0 Å². The minimum absolute atomic E-state index is 0.0799. The molecule has 1 atom stereocenters. The maximum Gasteiger partial charge on any atom is 0.282 e. The zero-order valence-electron chi connectivity index (χ0n) is 17.5. The number of hydrogen-bond donors (Lipinski definition) is 0. The number of benzene rings is 1. The predicted octanol–water partition coefficient (Wildman–Crippen LogP) is 1.80. The molecule has 1 aromatic rings. The van der Waals surface area contributed by atoms with Gasteiger partial charge < -0.3 is 4.90 Å². The van der Waals surface area contributed by atoms with Crippen molar-refractivity contribution in [1.29, 1.82) is 0 Å². The fourth-order valence-corrected chi connectivity index (χ4v) is 5.36. The van der Waals surface area contributed by atoms with Gasteiger partial charge in [0.15, 0.2) is 0 Å². The second-order valence-corrected chi connectivity index (χ2v) is 8.78. The highest BCUT2D eigenvalue weighted by molar-refractivity contribution is 7.86. The smallest absolute Gasteiger partial charge is 0.282 e. The number of piperazine rings is 1. The van der Waals surface area contributed by atoms with Crippen LogP contribution >= 0.6 is 0 Å². The largest absolute Gasteiger partial charge is 0.342 e. The van der Waals surface area contributed by atoms with Crippen LogP contribution in [0.15, 0.2) is 30.3 Å². The molecule has 0 spiro atoms. The van der Waals surface area contributed by atoms with Crippen LogP contribution in [0.3, 0.4) is 0 Å². The van der Waals surface area contributed by atoms with Crippen LogP contribution in [0.25, 0.3) is 0 Å². The van der Waals surface area contributed by atoms with Gasteiger partial charge in [0.25, 0.3) is 10.2 Å². The molecule has 1 fully saturated rings. The Labute approximate surface area is 170 Å². The summed E-state index contributed by atoms with van der Waals surface area (Å²) in [7, 11) is -3.44. The summed E-state index contributed by atoms with van der Waals surface area (Å²) in [6, 6.07) is 9.41. The topological polar surface area (TPSA) is 64.2 Å². The summed E-state index contributed by atoms with van der Waals surface area (Å²) in [5, 5.41) is 0. The molecule has 1 aliphatic rings. The number of carbonyl (C=O) groups excluding carboxylic acids is 1. The normalized spacial score (nSPS) is 17.6. The van der Waals surface area contributed by atoms with Crippen molar-refractivity contribution in [3.63, 3.8) is 0 Å². The molecule has 0 saturated carbocycles. The third-order valence-corrected chi connectivity index (χ3v) is 7.61. The summed E-state index contributed by atoms with van der Waals surface area (Å²) < 4.78 is 28.6. The maximum absolute atomic E-state index is 13.2. The van der Waals surface area contributed by atoms with E-state index >= 15 is 0 Å². The monoisotopic (exact) mass is 410 g/mol. The third-order valence-electron chi connectivity index (χ3n) is 5.42. The van der Waals surface area contributed by atoms with Crippen LogP contribution in [-0.4, -0.2) is 85.1 Å². The van der Waals surface area contributed by atoms with Crippen molar-refractivity contribution < 1.29 is 13.2 Å². The molecule has 0 bridgehead atoms. The molecule has 0 aliphatic carbocycles. The first-order chi connectivity index (χ1) is 13.4. The van der Waals surface area contributed by atoms with Gasteiger partial charge in [-0.3, -0.25) is 9.69 Å². The number of amides is 1. The summed E-state index contributed by atoms with van der Waals surface area (Å²) in [4.78, 5) is 17.2. The van der Waals surface area contributed by atoms with Gasteiger partial charge in [0.2, 0.25) is 5.91 Å². The average molecular weight is 411 g/mol. The van der Waals surface area contributed by atoms with E-state index in [-0.39, 0.29) is 11.9 Å². The highest BCUT2D eigenvalue weighted by atomic mass is 32.2. The van der Waals surface area contributed by atoms with Gasteiger partial charge >= 0.3 is 0 Å². The Morgan fingerprint density at radius 2 is 1.46 bits per heavy atom. The second-order valence-electron chi connectivity index (χ2n) is 6.85. The summed E-state index contributed by atoms with van der Waals surface area (Å²) in [6.45, 7) is 11.8. The van der Waals surface area contributed by atoms with E-state index in [2.05, 4.69) is 4.90 Å². The fraction of sp³-hybridized carbons (Fsp3) is 0.650. The molecule has 1 saturated heterocycles. The van der Waals surface area contributed by atoms with E-state index in [1.807, 2.05) is 62.9 Å². The molecule has 1 amide bonds. The van der Waals surface area contributed by atoms with Crippen molar-refractivity contribution in [3.8, 4) is 0 Å². The molecule has 1 heterocycles. The molecule has 28 heavy (non-hydrogen) atoms. The van der Waals surface area contributed by atoms with Crippen molar-refractivity contribution in [2.75, 3.05) is 52.4 Å². The Bertz CT molecular complexity index is 710. The van der Waals surface area contributed by atoms with Gasteiger partial charge in [-0.2, -0.15) is 17.0 Å². The summed E-state index contributed by atoms with van der Waals surface area (Å²) >= 11 is 0. The quantitative estimate of drug-likeness (QED) is 0.623. The van der Waals surface area contributed by atoms with Gasteiger partial charge in [0.1, 0.15) is 6.04 Å². The van der Waals surface area contributed by atoms with Crippen molar-refractivity contribution >= 4 is 16.1 Å². The molecule has 1 aromatic carbocycles. The number of likely N-dealkylation sites (N-methyl/N-ethyl adjacent to an activating group) is 1. The first kappa shape index (κ1) is 22.8. The number of rotatable bonds is 9. The van der Waals surface area contributed by atoms with Gasteiger partial charge in [-0.1, -0.05) is 44.2 Å². The zero-order valence-corrected chi connectivity index (χ0v) is 18.4. The minimum Gasteiger partial charge on any atom is -0.342 e. The van der Waals surface area contributed by atoms with Gasteiger partial charge in [-0.15, -0.1) is 0 Å². The van der Waals surface area contributed by atoms with Crippen molar-refractivity contribution in [2.45, 2.75) is 33.7 Å². The molecular weight excluding hydrogens is 376 g/mol. The lowest BCUT2D eigenvalue weighted by atomic mass is 10.0. The van der Waals surface area contributed by atoms with Crippen LogP contribution in [0, 0.1) is 0 Å². The molecule has 8 heteroatoms. The van der Waals surface area contributed by atoms with E-state index in [4.69, 9.17) is 0 Å². The van der Waals surface area contributed by atoms with Crippen LogP contribution < -0.4 is 0 Å². The van der Waals surface area contributed by atoms with Crippen LogP contribution in [-0.2, 0) is 15.0 Å². The Kier molecular flexibility index (Phi) is 8.42. The maximum atomic E-state index is 13.2. The summed E-state index contributed by atoms with van der Waals surface area (Å²) in [5.74, 6) is 0.0799. The first-order valence-corrected chi connectivity index (χ1v) is 11.6. The molecule has 0 radical (unpaired) electrons. The molecule has 0 N–H and O–H groups in total. The molecule has 1 unspecified atom stereocenters. The van der Waals surface area contributed by atoms with E-state index in [1.165, 1.54) is 4.31 Å². The Hall–Kier alpha value is -1.48. The fourth-order valence-electron chi connectivity index (χ4n) is 3.76. The van der Waals surface area contributed by atoms with Gasteiger partial charge in [-0.25, -0.2) is 0 Å². The number of carbonyl (C=O) groups is 1. The summed E-state index contributed by atoms with van der Waals surface area (Å²) in [6.07, 6.45) is 0. The Morgan fingerprint density at radius 1 is 0.929 bits per heavy atom. The van der Waals surface area contributed by atoms with Gasteiger partial charge in [0, 0.05) is 52.4 Å². The van der Waals surface area contributed by atoms with Crippen LogP contribution in [0.5, 0.6) is 0 Å². The SMILES string of the molecule is CCN(CC)C(=O)C(c1ccccc1)N1CCN(S(=O)(=O)N(CC)CC)CC1. The molecule has 0 aromatic heterocycles. The van der Waals surface area contributed by atoms with Gasteiger partial charge in [0.05, 0.1) is 0 Å². The highest BCUT2D eigenvalue weighted by Crippen LogP contribution is 2.25. The van der Waals surface area contributed by atoms with E-state index in [0.717, 1.165) is 5.56 Å². The van der Waals surface area contributed by atoms with Crippen molar-refractivity contribution in [2.24, 2.45) is 0 Å². The lowest BCUT2D eigenvalue weighted by Crippen LogP contribution is -2.55. The molecule has 158 valence electrons. The molecule has 1 aliphatic heterocycles. The Balaban J connectivity index is 2.20. The van der Waals surface area contributed by atoms with E-state index < -0.39 is 10.2 Å². The third kappa shape index (κ3) is 4.92. The average Bonchev–Trinajstić information content (AvgIpc) is 2.71. The highest BCUT2D eigenvalue weighted by Gasteiger charge is 2.36. The van der Waals surface area contributed by atoms with Crippen LogP contribution in [0.1, 0.15) is 39.3 Å². The summed E-state index contributed by atoms with van der Waals surface area (Å²) in [5.41, 5.74) is 0.958. The number of nitrogens with zero attached hydrogens (tertiary/aromatic N) is 4. The molecular formula is C20H34N4O3S. The van der Waals surface area contributed by atoms with Crippen molar-refractivity contribution in [3.05, 3.63) is 35.9 Å². The van der Waals surface area contributed by atoms with E-state index in [9.17, 15) is 13.2 Å². The lowest BCUT2D eigenvalue weighted by Gasteiger charge is -2.40. The molecule has 7 nitrogen and oxygen atoms in total. The second kappa shape index (κ2) is 10.3. The van der Waals surface area contributed by atoms with Gasteiger partial charge in [-0.05, 0) is 19.4 Å². The minimum atomic E-state index is -3.44. The lowest BCUT2D eigenvalue weighted by molar-refractivity contribution is -0.137. The predicted molar refractivity (Wildman–Crippen MR) is 112 cm³/mol. The van der Waals surface area contributed by atoms with Crippen molar-refractivity contribution in [1.82, 2.24) is 18.4 Å². The van der Waals surface area contributed by atoms with Crippen LogP contribution in [0.4, 0.5) is 0 Å². The number of hydrogen-bond acceptors (Lipinski definition) is 4. The van der Waals surface area contributed by atoms with E-state index in [1.54, 1.807) is 4.31 Å². The zero-order chi connectivity index (χ0) is 20.7. The Morgan fingerprint density at radius 3 is 1.93 bits per heavy atom. The standard InChI is InChI=1S/C20H34N4O3S/c1-5-21(6-2)20(25)19(18-12-10-9-11-13-18)22-14-16-24(17-15-22)28(26,27)23(7-3)8-4/h9-13,19H,5-8,14-17H2,1-4H3. The molecule has 2 rings (SSSR count). The first-order valence-electron chi connectivity index (χ1n) is 10.2. The van der Waals surface area contributed by atoms with E-state index in [0.29, 0.717) is 52.4 Å².